The van der Waals surface area contributed by atoms with E-state index in [9.17, 15) is 9.59 Å². The second-order valence-corrected chi connectivity index (χ2v) is 7.87. The molecule has 5 heteroatoms. The first-order chi connectivity index (χ1) is 14.6. The van der Waals surface area contributed by atoms with Gasteiger partial charge in [0.2, 0.25) is 5.91 Å². The van der Waals surface area contributed by atoms with E-state index in [-0.39, 0.29) is 11.8 Å². The van der Waals surface area contributed by atoms with Crippen molar-refractivity contribution in [3.63, 3.8) is 0 Å². The average Bonchev–Trinajstić information content (AvgIpc) is 2.96. The molecular weight excluding hydrogens is 396 g/mol. The van der Waals surface area contributed by atoms with Gasteiger partial charge in [0.15, 0.2) is 0 Å². The normalized spacial score (nSPS) is 14.5. The van der Waals surface area contributed by atoms with Gasteiger partial charge in [0.25, 0.3) is 5.91 Å². The fourth-order valence-electron chi connectivity index (χ4n) is 3.71. The first kappa shape index (κ1) is 20.2. The van der Waals surface area contributed by atoms with E-state index >= 15 is 0 Å². The van der Waals surface area contributed by atoms with Gasteiger partial charge in [0.1, 0.15) is 0 Å². The van der Waals surface area contributed by atoms with E-state index in [4.69, 9.17) is 11.6 Å². The largest absolute Gasteiger partial charge is 0.337 e. The van der Waals surface area contributed by atoms with Crippen LogP contribution in [0.3, 0.4) is 0 Å². The molecule has 1 heterocycles. The number of carbonyl (C=O) groups excluding carboxylic acids is 2. The Hall–Kier alpha value is -3.11. The Kier molecular flexibility index (Phi) is 6.15. The average molecular weight is 419 g/mol. The maximum Gasteiger partial charge on any atom is 0.253 e. The molecule has 1 aliphatic rings. The summed E-state index contributed by atoms with van der Waals surface area (Å²) >= 11 is 6.06. The first-order valence-corrected chi connectivity index (χ1v) is 10.4. The second kappa shape index (κ2) is 9.14. The molecule has 0 N–H and O–H groups in total. The van der Waals surface area contributed by atoms with Crippen molar-refractivity contribution in [3.8, 4) is 11.1 Å². The molecule has 0 spiro atoms. The van der Waals surface area contributed by atoms with Crippen LogP contribution in [0.4, 0.5) is 0 Å². The molecule has 0 saturated carbocycles. The van der Waals surface area contributed by atoms with E-state index < -0.39 is 0 Å². The van der Waals surface area contributed by atoms with Gasteiger partial charge in [-0.25, -0.2) is 0 Å². The van der Waals surface area contributed by atoms with Crippen LogP contribution in [0.5, 0.6) is 0 Å². The number of benzene rings is 3. The zero-order valence-corrected chi connectivity index (χ0v) is 17.4. The minimum absolute atomic E-state index is 0.0352. The number of rotatable bonds is 4. The summed E-state index contributed by atoms with van der Waals surface area (Å²) in [5.41, 5.74) is 3.83. The molecular formula is C25H23ClN2O2. The summed E-state index contributed by atoms with van der Waals surface area (Å²) in [5, 5.41) is 0.658. The highest BCUT2D eigenvalue weighted by Crippen LogP contribution is 2.21. The molecule has 3 aromatic carbocycles. The van der Waals surface area contributed by atoms with Crippen LogP contribution in [0.25, 0.3) is 11.1 Å². The van der Waals surface area contributed by atoms with E-state index in [0.29, 0.717) is 43.2 Å². The molecule has 3 aromatic rings. The molecule has 0 aliphatic carbocycles. The minimum Gasteiger partial charge on any atom is -0.337 e. The van der Waals surface area contributed by atoms with Crippen molar-refractivity contribution in [3.05, 3.63) is 95.0 Å². The van der Waals surface area contributed by atoms with Crippen LogP contribution in [-0.4, -0.2) is 41.2 Å². The predicted octanol–water partition coefficient (Wildman–Crippen LogP) is 4.88. The lowest BCUT2D eigenvalue weighted by molar-refractivity contribution is -0.130. The van der Waals surface area contributed by atoms with Gasteiger partial charge in [0.05, 0.1) is 0 Å². The molecule has 30 heavy (non-hydrogen) atoms. The quantitative estimate of drug-likeness (QED) is 0.605. The molecule has 2 amide bonds. The van der Waals surface area contributed by atoms with Crippen molar-refractivity contribution in [1.29, 1.82) is 0 Å². The monoisotopic (exact) mass is 418 g/mol. The van der Waals surface area contributed by atoms with Gasteiger partial charge in [0, 0.05) is 43.2 Å². The topological polar surface area (TPSA) is 40.6 Å². The Morgan fingerprint density at radius 3 is 2.30 bits per heavy atom. The van der Waals surface area contributed by atoms with Crippen molar-refractivity contribution >= 4 is 23.4 Å². The summed E-state index contributed by atoms with van der Waals surface area (Å²) in [6, 6.07) is 25.3. The number of carbonyl (C=O) groups is 2. The van der Waals surface area contributed by atoms with Crippen molar-refractivity contribution in [2.45, 2.75) is 13.0 Å². The van der Waals surface area contributed by atoms with Crippen molar-refractivity contribution < 1.29 is 9.59 Å². The van der Waals surface area contributed by atoms with Crippen LogP contribution >= 0.6 is 11.6 Å². The number of hydrogen-bond donors (Lipinski definition) is 0. The van der Waals surface area contributed by atoms with Crippen LogP contribution in [0.15, 0.2) is 78.9 Å². The second-order valence-electron chi connectivity index (χ2n) is 7.43. The molecule has 1 saturated heterocycles. The van der Waals surface area contributed by atoms with E-state index in [1.807, 2.05) is 78.9 Å². The van der Waals surface area contributed by atoms with Crippen molar-refractivity contribution in [1.82, 2.24) is 9.80 Å². The minimum atomic E-state index is -0.0352. The van der Waals surface area contributed by atoms with E-state index in [2.05, 4.69) is 0 Å². The van der Waals surface area contributed by atoms with E-state index in [1.165, 1.54) is 0 Å². The molecule has 0 bridgehead atoms. The Labute approximate surface area is 181 Å². The van der Waals surface area contributed by atoms with Crippen LogP contribution < -0.4 is 0 Å². The standard InChI is InChI=1S/C25H23ClN2O2/c26-23-8-4-5-19(17-23)18-28-16-15-27(14-13-24(28)29)25(30)22-11-9-21(10-12-22)20-6-2-1-3-7-20/h1-12,17H,13-16,18H2. The van der Waals surface area contributed by atoms with Crippen LogP contribution in [0, 0.1) is 0 Å². The van der Waals surface area contributed by atoms with Crippen LogP contribution in [0.1, 0.15) is 22.3 Å². The summed E-state index contributed by atoms with van der Waals surface area (Å²) in [6.45, 7) is 1.97. The predicted molar refractivity (Wildman–Crippen MR) is 119 cm³/mol. The summed E-state index contributed by atoms with van der Waals surface area (Å²) in [4.78, 5) is 29.1. The Morgan fingerprint density at radius 1 is 0.833 bits per heavy atom. The van der Waals surface area contributed by atoms with Gasteiger partial charge in [-0.1, -0.05) is 66.2 Å². The molecule has 1 aliphatic heterocycles. The fraction of sp³-hybridized carbons (Fsp3) is 0.200. The Morgan fingerprint density at radius 2 is 1.57 bits per heavy atom. The van der Waals surface area contributed by atoms with E-state index in [0.717, 1.165) is 16.7 Å². The highest BCUT2D eigenvalue weighted by molar-refractivity contribution is 6.30. The van der Waals surface area contributed by atoms with Gasteiger partial charge in [-0.3, -0.25) is 9.59 Å². The highest BCUT2D eigenvalue weighted by atomic mass is 35.5. The third-order valence-electron chi connectivity index (χ3n) is 5.38. The lowest BCUT2D eigenvalue weighted by Gasteiger charge is -2.22. The summed E-state index contributed by atoms with van der Waals surface area (Å²) in [7, 11) is 0. The van der Waals surface area contributed by atoms with Crippen molar-refractivity contribution in [2.75, 3.05) is 19.6 Å². The third kappa shape index (κ3) is 4.71. The maximum atomic E-state index is 13.0. The molecule has 4 nitrogen and oxygen atoms in total. The van der Waals surface area contributed by atoms with Gasteiger partial charge in [-0.05, 0) is 41.0 Å². The Bertz CT molecular complexity index is 1030. The van der Waals surface area contributed by atoms with Crippen LogP contribution in [-0.2, 0) is 11.3 Å². The highest BCUT2D eigenvalue weighted by Gasteiger charge is 2.24. The number of amides is 2. The third-order valence-corrected chi connectivity index (χ3v) is 5.61. The summed E-state index contributed by atoms with van der Waals surface area (Å²) < 4.78 is 0. The molecule has 0 unspecified atom stereocenters. The molecule has 4 rings (SSSR count). The molecule has 0 radical (unpaired) electrons. The number of nitrogens with zero attached hydrogens (tertiary/aromatic N) is 2. The van der Waals surface area contributed by atoms with Crippen molar-refractivity contribution in [2.24, 2.45) is 0 Å². The Balaban J connectivity index is 1.42. The summed E-state index contributed by atoms with van der Waals surface area (Å²) in [5.74, 6) is 0.0247. The van der Waals surface area contributed by atoms with Gasteiger partial charge in [-0.2, -0.15) is 0 Å². The maximum absolute atomic E-state index is 13.0. The first-order valence-electron chi connectivity index (χ1n) is 10.1. The smallest absolute Gasteiger partial charge is 0.253 e. The van der Waals surface area contributed by atoms with E-state index in [1.54, 1.807) is 9.80 Å². The lowest BCUT2D eigenvalue weighted by Crippen LogP contribution is -2.35. The van der Waals surface area contributed by atoms with Crippen LogP contribution in [0.2, 0.25) is 5.02 Å². The molecule has 1 fully saturated rings. The number of hydrogen-bond acceptors (Lipinski definition) is 2. The van der Waals surface area contributed by atoms with Gasteiger partial charge >= 0.3 is 0 Å². The molecule has 0 atom stereocenters. The van der Waals surface area contributed by atoms with Gasteiger partial charge < -0.3 is 9.80 Å². The zero-order chi connectivity index (χ0) is 20.9. The zero-order valence-electron chi connectivity index (χ0n) is 16.6. The fourth-order valence-corrected chi connectivity index (χ4v) is 3.92. The number of halogens is 1. The van der Waals surface area contributed by atoms with Gasteiger partial charge in [-0.15, -0.1) is 0 Å². The molecule has 152 valence electrons. The lowest BCUT2D eigenvalue weighted by atomic mass is 10.0. The SMILES string of the molecule is O=C1CCN(C(=O)c2ccc(-c3ccccc3)cc2)CCN1Cc1cccc(Cl)c1. The molecule has 0 aromatic heterocycles. The summed E-state index contributed by atoms with van der Waals surface area (Å²) in [6.07, 6.45) is 0.328.